The van der Waals surface area contributed by atoms with Crippen molar-refractivity contribution in [3.8, 4) is 0 Å². The Kier molecular flexibility index (Phi) is 7.07. The maximum absolute atomic E-state index is 13.0. The molecule has 9 heteroatoms. The quantitative estimate of drug-likeness (QED) is 0.638. The average Bonchev–Trinajstić information content (AvgIpc) is 3.24. The lowest BCUT2D eigenvalue weighted by Gasteiger charge is -2.30. The molecule has 0 unspecified atom stereocenters. The number of nitrogens with zero attached hydrogens (tertiary/aromatic N) is 2. The van der Waals surface area contributed by atoms with Gasteiger partial charge >= 0.3 is 0 Å². The second-order valence-electron chi connectivity index (χ2n) is 8.61. The van der Waals surface area contributed by atoms with Crippen molar-refractivity contribution < 1.29 is 18.0 Å². The van der Waals surface area contributed by atoms with Crippen LogP contribution in [0.1, 0.15) is 55.3 Å². The van der Waals surface area contributed by atoms with Crippen LogP contribution in [0.2, 0.25) is 5.02 Å². The van der Waals surface area contributed by atoms with Gasteiger partial charge in [0.05, 0.1) is 15.6 Å². The Balaban J connectivity index is 1.44. The number of hydrogen-bond donors (Lipinski definition) is 1. The maximum Gasteiger partial charge on any atom is 0.255 e. The zero-order valence-corrected chi connectivity index (χ0v) is 20.2. The van der Waals surface area contributed by atoms with Crippen LogP contribution < -0.4 is 10.2 Å². The predicted octanol–water partition coefficient (Wildman–Crippen LogP) is 4.67. The molecule has 0 bridgehead atoms. The van der Waals surface area contributed by atoms with Crippen LogP contribution in [-0.4, -0.2) is 44.2 Å². The molecule has 4 rings (SSSR count). The van der Waals surface area contributed by atoms with E-state index in [0.717, 1.165) is 38.5 Å². The first-order valence-corrected chi connectivity index (χ1v) is 13.1. The lowest BCUT2D eigenvalue weighted by molar-refractivity contribution is -0.117. The first-order valence-electron chi connectivity index (χ1n) is 11.3. The first-order chi connectivity index (χ1) is 15.8. The molecule has 1 saturated heterocycles. The summed E-state index contributed by atoms with van der Waals surface area (Å²) in [6.07, 6.45) is 6.31. The highest BCUT2D eigenvalue weighted by atomic mass is 35.5. The topological polar surface area (TPSA) is 86.8 Å². The van der Waals surface area contributed by atoms with Crippen molar-refractivity contribution >= 4 is 44.8 Å². The van der Waals surface area contributed by atoms with Gasteiger partial charge in [-0.05, 0) is 61.7 Å². The van der Waals surface area contributed by atoms with Gasteiger partial charge in [-0.2, -0.15) is 4.31 Å². The third-order valence-corrected chi connectivity index (χ3v) is 8.68. The fourth-order valence-electron chi connectivity index (χ4n) is 4.50. The van der Waals surface area contributed by atoms with Crippen molar-refractivity contribution in [2.45, 2.75) is 55.9 Å². The number of carbonyl (C=O) groups is 2. The molecule has 33 heavy (non-hydrogen) atoms. The SMILES string of the molecule is CN(C1CCCCC1)S(=O)(=O)c1ccc(C(=O)Nc2ccc(N3CCCC3=O)c(Cl)c2)cc1. The molecule has 2 amide bonds. The number of hydrogen-bond acceptors (Lipinski definition) is 4. The van der Waals surface area contributed by atoms with E-state index in [4.69, 9.17) is 11.6 Å². The number of halogens is 1. The smallest absolute Gasteiger partial charge is 0.255 e. The van der Waals surface area contributed by atoms with Gasteiger partial charge in [0.2, 0.25) is 15.9 Å². The lowest BCUT2D eigenvalue weighted by atomic mass is 9.96. The third-order valence-electron chi connectivity index (χ3n) is 6.45. The second kappa shape index (κ2) is 9.83. The molecule has 1 N–H and O–H groups in total. The van der Waals surface area contributed by atoms with E-state index in [2.05, 4.69) is 5.32 Å². The highest BCUT2D eigenvalue weighted by molar-refractivity contribution is 7.89. The van der Waals surface area contributed by atoms with E-state index in [-0.39, 0.29) is 22.8 Å². The number of nitrogens with one attached hydrogen (secondary N) is 1. The molecule has 2 aromatic rings. The summed E-state index contributed by atoms with van der Waals surface area (Å²) in [5, 5.41) is 3.16. The number of benzene rings is 2. The molecule has 2 aliphatic rings. The highest BCUT2D eigenvalue weighted by Gasteiger charge is 2.29. The van der Waals surface area contributed by atoms with Gasteiger partial charge < -0.3 is 10.2 Å². The Labute approximate surface area is 199 Å². The number of rotatable bonds is 6. The summed E-state index contributed by atoms with van der Waals surface area (Å²) >= 11 is 6.35. The number of amides is 2. The van der Waals surface area contributed by atoms with Gasteiger partial charge in [-0.25, -0.2) is 8.42 Å². The Bertz CT molecular complexity index is 1140. The van der Waals surface area contributed by atoms with Gasteiger partial charge in [0, 0.05) is 37.3 Å². The van der Waals surface area contributed by atoms with Gasteiger partial charge in [-0.3, -0.25) is 9.59 Å². The fourth-order valence-corrected chi connectivity index (χ4v) is 6.19. The van der Waals surface area contributed by atoms with Crippen LogP contribution in [0.5, 0.6) is 0 Å². The van der Waals surface area contributed by atoms with E-state index in [9.17, 15) is 18.0 Å². The molecule has 0 spiro atoms. The average molecular weight is 490 g/mol. The van der Waals surface area contributed by atoms with Crippen molar-refractivity contribution in [3.63, 3.8) is 0 Å². The van der Waals surface area contributed by atoms with Crippen LogP contribution in [0.4, 0.5) is 11.4 Å². The highest BCUT2D eigenvalue weighted by Crippen LogP contribution is 2.32. The molecule has 2 aromatic carbocycles. The molecule has 7 nitrogen and oxygen atoms in total. The van der Waals surface area contributed by atoms with Crippen LogP contribution in [-0.2, 0) is 14.8 Å². The normalized spacial score (nSPS) is 17.5. The van der Waals surface area contributed by atoms with E-state index < -0.39 is 10.0 Å². The van der Waals surface area contributed by atoms with E-state index in [0.29, 0.717) is 34.9 Å². The minimum atomic E-state index is -3.61. The van der Waals surface area contributed by atoms with Gasteiger partial charge in [0.25, 0.3) is 5.91 Å². The van der Waals surface area contributed by atoms with Crippen molar-refractivity contribution in [2.75, 3.05) is 23.8 Å². The number of carbonyl (C=O) groups excluding carboxylic acids is 2. The Morgan fingerprint density at radius 1 is 1.06 bits per heavy atom. The van der Waals surface area contributed by atoms with E-state index in [1.54, 1.807) is 30.1 Å². The first kappa shape index (κ1) is 23.7. The summed E-state index contributed by atoms with van der Waals surface area (Å²) in [5.41, 5.74) is 1.46. The Morgan fingerprint density at radius 2 is 1.76 bits per heavy atom. The van der Waals surface area contributed by atoms with Crippen molar-refractivity contribution in [2.24, 2.45) is 0 Å². The molecule has 2 fully saturated rings. The van der Waals surface area contributed by atoms with Crippen LogP contribution in [0.15, 0.2) is 47.4 Å². The fraction of sp³-hybridized carbons (Fsp3) is 0.417. The standard InChI is InChI=1S/C24H28ClN3O4S/c1-27(19-6-3-2-4-7-19)33(31,32)20-12-9-17(10-13-20)24(30)26-18-11-14-22(21(25)16-18)28-15-5-8-23(28)29/h9-14,16,19H,2-8,15H2,1H3,(H,26,30). The van der Waals surface area contributed by atoms with Gasteiger partial charge in [-0.15, -0.1) is 0 Å². The number of anilines is 2. The van der Waals surface area contributed by atoms with Crippen molar-refractivity contribution in [3.05, 3.63) is 53.1 Å². The second-order valence-corrected chi connectivity index (χ2v) is 11.0. The zero-order valence-electron chi connectivity index (χ0n) is 18.6. The largest absolute Gasteiger partial charge is 0.322 e. The van der Waals surface area contributed by atoms with Gasteiger partial charge in [-0.1, -0.05) is 30.9 Å². The van der Waals surface area contributed by atoms with Gasteiger partial charge in [0.15, 0.2) is 0 Å². The Morgan fingerprint density at radius 3 is 2.36 bits per heavy atom. The monoisotopic (exact) mass is 489 g/mol. The Hall–Kier alpha value is -2.42. The van der Waals surface area contributed by atoms with Gasteiger partial charge in [0.1, 0.15) is 0 Å². The summed E-state index contributed by atoms with van der Waals surface area (Å²) in [6, 6.07) is 11.0. The van der Waals surface area contributed by atoms with Crippen molar-refractivity contribution in [1.82, 2.24) is 4.31 Å². The number of sulfonamides is 1. The minimum absolute atomic E-state index is 0.0234. The summed E-state index contributed by atoms with van der Waals surface area (Å²) in [6.45, 7) is 0.634. The molecular weight excluding hydrogens is 462 g/mol. The summed E-state index contributed by atoms with van der Waals surface area (Å²) in [4.78, 5) is 26.5. The predicted molar refractivity (Wildman–Crippen MR) is 129 cm³/mol. The summed E-state index contributed by atoms with van der Waals surface area (Å²) < 4.78 is 27.4. The van der Waals surface area contributed by atoms with E-state index in [1.807, 2.05) is 0 Å². The van der Waals surface area contributed by atoms with Crippen LogP contribution in [0, 0.1) is 0 Å². The van der Waals surface area contributed by atoms with Crippen LogP contribution >= 0.6 is 11.6 Å². The lowest BCUT2D eigenvalue weighted by Crippen LogP contribution is -2.38. The van der Waals surface area contributed by atoms with E-state index in [1.165, 1.54) is 28.6 Å². The maximum atomic E-state index is 13.0. The molecule has 1 heterocycles. The minimum Gasteiger partial charge on any atom is -0.322 e. The third kappa shape index (κ3) is 5.08. The molecule has 0 radical (unpaired) electrons. The molecule has 1 saturated carbocycles. The summed E-state index contributed by atoms with van der Waals surface area (Å²) in [5.74, 6) is -0.335. The molecule has 1 aliphatic heterocycles. The summed E-state index contributed by atoms with van der Waals surface area (Å²) in [7, 11) is -1.98. The van der Waals surface area contributed by atoms with Crippen molar-refractivity contribution in [1.29, 1.82) is 0 Å². The van der Waals surface area contributed by atoms with Crippen LogP contribution in [0.3, 0.4) is 0 Å². The molecular formula is C24H28ClN3O4S. The molecule has 1 aliphatic carbocycles. The van der Waals surface area contributed by atoms with E-state index >= 15 is 0 Å². The molecule has 176 valence electrons. The molecule has 0 atom stereocenters. The zero-order chi connectivity index (χ0) is 23.6. The van der Waals surface area contributed by atoms with Crippen LogP contribution in [0.25, 0.3) is 0 Å². The molecule has 0 aromatic heterocycles.